The summed E-state index contributed by atoms with van der Waals surface area (Å²) < 4.78 is 25.8. The molecule has 0 amide bonds. The normalized spacial score (nSPS) is 24.0. The minimum absolute atomic E-state index is 0.00111. The Kier molecular flexibility index (Phi) is 12.7. The molecule has 0 fully saturated rings. The van der Waals surface area contributed by atoms with Crippen LogP contribution in [0.1, 0.15) is 103 Å². The summed E-state index contributed by atoms with van der Waals surface area (Å²) >= 11 is 0. The van der Waals surface area contributed by atoms with Crippen molar-refractivity contribution in [1.82, 2.24) is 0 Å². The third-order valence-corrected chi connectivity index (χ3v) is 16.0. The predicted octanol–water partition coefficient (Wildman–Crippen LogP) is 5.89. The number of benzene rings is 8. The second-order valence-electron chi connectivity index (χ2n) is 21.0. The molecule has 8 aromatic rings. The summed E-state index contributed by atoms with van der Waals surface area (Å²) in [6.07, 6.45) is -14.8. The van der Waals surface area contributed by atoms with E-state index < -0.39 is 210 Å². The van der Waals surface area contributed by atoms with Gasteiger partial charge in [0.1, 0.15) is 93.4 Å². The molecule has 0 saturated heterocycles. The Balaban J connectivity index is 1.14. The van der Waals surface area contributed by atoms with E-state index >= 15 is 0 Å². The second-order valence-corrected chi connectivity index (χ2v) is 21.0. The van der Waals surface area contributed by atoms with E-state index in [9.17, 15) is 102 Å². The molecular formula is C60H50O24. The monoisotopic (exact) mass is 1150 g/mol. The number of aliphatic hydroxyl groups is 4. The highest BCUT2D eigenvalue weighted by Crippen LogP contribution is 2.65. The average Bonchev–Trinajstić information content (AvgIpc) is 1.45. The van der Waals surface area contributed by atoms with Gasteiger partial charge in [0.05, 0.1) is 23.9 Å². The van der Waals surface area contributed by atoms with Gasteiger partial charge in [0.15, 0.2) is 64.3 Å². The Bertz CT molecular complexity index is 4030. The van der Waals surface area contributed by atoms with E-state index in [2.05, 4.69) is 0 Å². The maximum atomic E-state index is 13.1. The van der Waals surface area contributed by atoms with E-state index in [1.807, 2.05) is 0 Å². The van der Waals surface area contributed by atoms with Crippen LogP contribution in [0.15, 0.2) is 103 Å². The molecule has 8 aromatic carbocycles. The van der Waals surface area contributed by atoms with Crippen LogP contribution in [0, 0.1) is 0 Å². The van der Waals surface area contributed by atoms with Crippen LogP contribution in [0.25, 0.3) is 0 Å². The third-order valence-electron chi connectivity index (χ3n) is 16.0. The minimum Gasteiger partial charge on any atom is -0.508 e. The summed E-state index contributed by atoms with van der Waals surface area (Å²) in [6.45, 7) is 0. The van der Waals surface area contributed by atoms with E-state index in [4.69, 9.17) is 18.9 Å². The predicted molar refractivity (Wildman–Crippen MR) is 285 cm³/mol. The lowest BCUT2D eigenvalue weighted by molar-refractivity contribution is -0.00858. The fourth-order valence-corrected chi connectivity index (χ4v) is 12.2. The number of rotatable bonds is 7. The van der Waals surface area contributed by atoms with Gasteiger partial charge in [-0.3, -0.25) is 0 Å². The Morgan fingerprint density at radius 3 is 0.964 bits per heavy atom. The first-order valence-corrected chi connectivity index (χ1v) is 25.7. The minimum atomic E-state index is -2.15. The molecule has 11 atom stereocenters. The number of aliphatic hydroxyl groups excluding tert-OH is 4. The molecule has 0 aliphatic carbocycles. The molecule has 434 valence electrons. The molecule has 0 aromatic heterocycles. The number of ether oxygens (including phenoxy) is 4. The molecule has 0 radical (unpaired) electrons. The van der Waals surface area contributed by atoms with Gasteiger partial charge >= 0.3 is 0 Å². The number of hydrogen-bond acceptors (Lipinski definition) is 24. The quantitative estimate of drug-likeness (QED) is 0.0827. The smallest absolute Gasteiger partial charge is 0.157 e. The maximum absolute atomic E-state index is 13.1. The molecule has 0 spiro atoms. The van der Waals surface area contributed by atoms with Crippen molar-refractivity contribution < 1.29 is 121 Å². The summed E-state index contributed by atoms with van der Waals surface area (Å²) in [5.41, 5.74) is -3.20. The maximum Gasteiger partial charge on any atom is 0.157 e. The zero-order valence-corrected chi connectivity index (χ0v) is 43.0. The fourth-order valence-electron chi connectivity index (χ4n) is 12.2. The van der Waals surface area contributed by atoms with Crippen LogP contribution in [-0.2, 0) is 6.42 Å². The van der Waals surface area contributed by atoms with Crippen LogP contribution < -0.4 is 18.9 Å². The highest BCUT2D eigenvalue weighted by Gasteiger charge is 2.53. The van der Waals surface area contributed by atoms with E-state index in [-0.39, 0.29) is 39.1 Å². The first-order valence-electron chi connectivity index (χ1n) is 25.7. The van der Waals surface area contributed by atoms with Crippen LogP contribution in [0.2, 0.25) is 0 Å². The Morgan fingerprint density at radius 2 is 0.583 bits per heavy atom. The molecule has 84 heavy (non-hydrogen) atoms. The lowest BCUT2D eigenvalue weighted by Crippen LogP contribution is -2.40. The van der Waals surface area contributed by atoms with Crippen molar-refractivity contribution in [3.8, 4) is 115 Å². The van der Waals surface area contributed by atoms with Crippen molar-refractivity contribution in [2.24, 2.45) is 0 Å². The number of phenols is 16. The Hall–Kier alpha value is -10.4. The van der Waals surface area contributed by atoms with Gasteiger partial charge < -0.3 is 121 Å². The molecule has 24 heteroatoms. The molecule has 4 aliphatic heterocycles. The largest absolute Gasteiger partial charge is 0.508 e. The van der Waals surface area contributed by atoms with Crippen molar-refractivity contribution in [2.45, 2.75) is 73.0 Å². The third kappa shape index (κ3) is 8.44. The summed E-state index contributed by atoms with van der Waals surface area (Å²) in [5.74, 6) is -19.0. The van der Waals surface area contributed by atoms with Crippen LogP contribution >= 0.6 is 0 Å². The zero-order chi connectivity index (χ0) is 59.8. The standard InChI is InChI=1S/C60H50O24/c61-23-13-34(71)42-41(14-23)81-55(20-2-6-26(63)31(68)10-20)51(78)48(42)44-36(73)17-38(75)46-50(53(80)57(83-59(44)46)22-4-8-28(65)33(70)12-22)47-39(76)18-37(74)45-49(52(79)56(84-60(45)47)21-3-7-27(64)32(69)11-21)43-35(72)16-29(66)24-15-40(77)54(82-58(24)43)19-1-5-25(62)30(67)9-19/h1-14,16-18,40,48-57,61-80H,15H2. The van der Waals surface area contributed by atoms with E-state index in [0.29, 0.717) is 0 Å². The van der Waals surface area contributed by atoms with Crippen LogP contribution in [-0.4, -0.2) is 127 Å². The zero-order valence-electron chi connectivity index (χ0n) is 43.0. The van der Waals surface area contributed by atoms with Gasteiger partial charge in [-0.2, -0.15) is 0 Å². The molecule has 4 aliphatic rings. The molecule has 11 unspecified atom stereocenters. The van der Waals surface area contributed by atoms with Gasteiger partial charge in [0.2, 0.25) is 0 Å². The van der Waals surface area contributed by atoms with Gasteiger partial charge in [0, 0.05) is 75.7 Å². The topological polar surface area (TPSA) is 442 Å². The van der Waals surface area contributed by atoms with Crippen molar-refractivity contribution in [1.29, 1.82) is 0 Å². The molecular weight excluding hydrogens is 1100 g/mol. The number of fused-ring (bicyclic) bond motifs is 4. The summed E-state index contributed by atoms with van der Waals surface area (Å²) in [6, 6.07) is 17.7. The van der Waals surface area contributed by atoms with E-state index in [0.717, 1.165) is 78.9 Å². The van der Waals surface area contributed by atoms with Crippen molar-refractivity contribution in [3.63, 3.8) is 0 Å². The van der Waals surface area contributed by atoms with Crippen molar-refractivity contribution in [2.75, 3.05) is 0 Å². The van der Waals surface area contributed by atoms with Crippen molar-refractivity contribution in [3.05, 3.63) is 164 Å². The highest BCUT2D eigenvalue weighted by molar-refractivity contribution is 5.73. The summed E-state index contributed by atoms with van der Waals surface area (Å²) in [5, 5.41) is 229. The number of hydrogen-bond donors (Lipinski definition) is 20. The number of aromatic hydroxyl groups is 16. The van der Waals surface area contributed by atoms with Crippen LogP contribution in [0.4, 0.5) is 0 Å². The highest BCUT2D eigenvalue weighted by atomic mass is 16.5. The lowest BCUT2D eigenvalue weighted by atomic mass is 9.72. The lowest BCUT2D eigenvalue weighted by Gasteiger charge is -2.44. The van der Waals surface area contributed by atoms with E-state index in [1.54, 1.807) is 0 Å². The van der Waals surface area contributed by atoms with Gasteiger partial charge in [0.25, 0.3) is 0 Å². The van der Waals surface area contributed by atoms with Gasteiger partial charge in [-0.15, -0.1) is 0 Å². The fraction of sp³-hybridized carbons (Fsp3) is 0.200. The Morgan fingerprint density at radius 1 is 0.274 bits per heavy atom. The molecule has 0 saturated carbocycles. The van der Waals surface area contributed by atoms with Gasteiger partial charge in [-0.05, 0) is 70.8 Å². The Labute approximate surface area is 472 Å². The molecule has 4 heterocycles. The first-order chi connectivity index (χ1) is 39.9. The molecule has 24 nitrogen and oxygen atoms in total. The first kappa shape index (κ1) is 54.2. The van der Waals surface area contributed by atoms with Gasteiger partial charge in [-0.1, -0.05) is 24.3 Å². The van der Waals surface area contributed by atoms with Crippen LogP contribution in [0.3, 0.4) is 0 Å². The summed E-state index contributed by atoms with van der Waals surface area (Å²) in [7, 11) is 0. The van der Waals surface area contributed by atoms with E-state index in [1.165, 1.54) is 24.3 Å². The van der Waals surface area contributed by atoms with Crippen molar-refractivity contribution >= 4 is 0 Å². The number of phenolic OH excluding ortho intramolecular Hbond substituents is 16. The summed E-state index contributed by atoms with van der Waals surface area (Å²) in [4.78, 5) is 0. The molecule has 12 rings (SSSR count). The second kappa shape index (κ2) is 19.7. The molecule has 20 N–H and O–H groups in total. The SMILES string of the molecule is Oc1cc(O)c2c(c1)OC(c1ccc(O)c(O)c1)C(O)C2c1c(O)cc(O)c2c1OC(c1ccc(O)c(O)c1)C(O)C2c1c(O)cc(O)c2c1OC(c1ccc(O)c(O)c1)C(O)C2c1c(O)cc(O)c2c1OC(c1ccc(O)c(O)c1)C(O)C2. The molecule has 0 bridgehead atoms. The average molecular weight is 1160 g/mol. The van der Waals surface area contributed by atoms with Gasteiger partial charge in [-0.25, -0.2) is 0 Å². The van der Waals surface area contributed by atoms with Crippen LogP contribution in [0.5, 0.6) is 115 Å².